The monoisotopic (exact) mass is 329 g/mol. The molecule has 0 fully saturated rings. The maximum Gasteiger partial charge on any atom is 0.171 e. The van der Waals surface area contributed by atoms with Gasteiger partial charge < -0.3 is 5.32 Å². The summed E-state index contributed by atoms with van der Waals surface area (Å²) < 4.78 is 0.744. The second-order valence-electron chi connectivity index (χ2n) is 4.91. The molecule has 1 aromatic carbocycles. The van der Waals surface area contributed by atoms with Crippen molar-refractivity contribution in [1.82, 2.24) is 9.97 Å². The van der Waals surface area contributed by atoms with Gasteiger partial charge in [-0.15, -0.1) is 11.3 Å². The maximum atomic E-state index is 6.03. The molecular weight excluding hydrogens is 314 g/mol. The molecule has 2 aromatic heterocycles. The van der Waals surface area contributed by atoms with E-state index in [1.54, 1.807) is 0 Å². The second-order valence-corrected chi connectivity index (χ2v) is 6.62. The number of anilines is 2. The molecule has 0 bridgehead atoms. The highest BCUT2D eigenvalue weighted by Crippen LogP contribution is 2.31. The first-order valence-electron chi connectivity index (χ1n) is 7.12. The van der Waals surface area contributed by atoms with Gasteiger partial charge in [0.15, 0.2) is 5.82 Å². The minimum atomic E-state index is 0.713. The van der Waals surface area contributed by atoms with Crippen LogP contribution in [0.25, 0.3) is 10.7 Å². The van der Waals surface area contributed by atoms with Crippen molar-refractivity contribution in [2.75, 3.05) is 5.32 Å². The fourth-order valence-corrected chi connectivity index (χ4v) is 3.30. The highest BCUT2D eigenvalue weighted by molar-refractivity contribution is 7.19. The lowest BCUT2D eigenvalue weighted by molar-refractivity contribution is 1.01. The van der Waals surface area contributed by atoms with Crippen LogP contribution >= 0.6 is 22.9 Å². The molecule has 0 unspecified atom stereocenters. The number of halogens is 1. The summed E-state index contributed by atoms with van der Waals surface area (Å²) in [7, 11) is 0. The zero-order valence-corrected chi connectivity index (χ0v) is 14.0. The zero-order chi connectivity index (χ0) is 15.5. The Kier molecular flexibility index (Phi) is 4.41. The Bertz CT molecular complexity index is 784. The Hall–Kier alpha value is -1.91. The first-order valence-corrected chi connectivity index (χ1v) is 8.32. The van der Waals surface area contributed by atoms with Crippen molar-refractivity contribution < 1.29 is 0 Å². The van der Waals surface area contributed by atoms with Crippen molar-refractivity contribution in [2.24, 2.45) is 0 Å². The molecule has 0 spiro atoms. The molecule has 0 aliphatic carbocycles. The molecule has 0 aliphatic heterocycles. The summed E-state index contributed by atoms with van der Waals surface area (Å²) in [6.07, 6.45) is 0.881. The SMILES string of the molecule is CCc1c(C)nc(-c2ccc(Cl)s2)nc1Nc1ccccc1. The van der Waals surface area contributed by atoms with Gasteiger partial charge in [0.2, 0.25) is 0 Å². The zero-order valence-electron chi connectivity index (χ0n) is 12.4. The van der Waals surface area contributed by atoms with Gasteiger partial charge in [0.05, 0.1) is 9.21 Å². The van der Waals surface area contributed by atoms with Gasteiger partial charge >= 0.3 is 0 Å². The number of nitrogens with one attached hydrogen (secondary N) is 1. The van der Waals surface area contributed by atoms with Gasteiger partial charge in [-0.25, -0.2) is 9.97 Å². The van der Waals surface area contributed by atoms with Crippen molar-refractivity contribution in [1.29, 1.82) is 0 Å². The number of benzene rings is 1. The number of hydrogen-bond acceptors (Lipinski definition) is 4. The third kappa shape index (κ3) is 3.13. The molecule has 3 aromatic rings. The average Bonchev–Trinajstić information content (AvgIpc) is 2.95. The van der Waals surface area contributed by atoms with Gasteiger partial charge in [-0.1, -0.05) is 36.7 Å². The van der Waals surface area contributed by atoms with E-state index in [4.69, 9.17) is 16.6 Å². The molecule has 1 N–H and O–H groups in total. The summed E-state index contributed by atoms with van der Waals surface area (Å²) in [4.78, 5) is 10.3. The number of hydrogen-bond donors (Lipinski definition) is 1. The van der Waals surface area contributed by atoms with Gasteiger partial charge in [-0.05, 0) is 37.6 Å². The summed E-state index contributed by atoms with van der Waals surface area (Å²) >= 11 is 7.52. The number of aryl methyl sites for hydroxylation is 1. The van der Waals surface area contributed by atoms with Crippen LogP contribution in [0.1, 0.15) is 18.2 Å². The maximum absolute atomic E-state index is 6.03. The average molecular weight is 330 g/mol. The Morgan fingerprint density at radius 1 is 1.09 bits per heavy atom. The van der Waals surface area contributed by atoms with Crippen LogP contribution in [0.3, 0.4) is 0 Å². The van der Waals surface area contributed by atoms with E-state index in [1.807, 2.05) is 49.4 Å². The molecule has 0 saturated heterocycles. The van der Waals surface area contributed by atoms with E-state index in [9.17, 15) is 0 Å². The van der Waals surface area contributed by atoms with Crippen LogP contribution in [0.2, 0.25) is 4.34 Å². The van der Waals surface area contributed by atoms with Gasteiger partial charge in [0.1, 0.15) is 5.82 Å². The largest absolute Gasteiger partial charge is 0.340 e. The summed E-state index contributed by atoms with van der Waals surface area (Å²) in [5.74, 6) is 1.57. The minimum absolute atomic E-state index is 0.713. The molecule has 0 radical (unpaired) electrons. The van der Waals surface area contributed by atoms with Crippen LogP contribution in [0.4, 0.5) is 11.5 Å². The van der Waals surface area contributed by atoms with Crippen molar-refractivity contribution in [3.63, 3.8) is 0 Å². The third-order valence-corrected chi connectivity index (χ3v) is 4.62. The van der Waals surface area contributed by atoms with Crippen LogP contribution in [-0.4, -0.2) is 9.97 Å². The third-order valence-electron chi connectivity index (χ3n) is 3.40. The number of rotatable bonds is 4. The topological polar surface area (TPSA) is 37.8 Å². The van der Waals surface area contributed by atoms with Gasteiger partial charge in [0, 0.05) is 16.9 Å². The molecule has 5 heteroatoms. The van der Waals surface area contributed by atoms with Crippen molar-refractivity contribution in [2.45, 2.75) is 20.3 Å². The number of para-hydroxylation sites is 1. The highest BCUT2D eigenvalue weighted by Gasteiger charge is 2.13. The lowest BCUT2D eigenvalue weighted by atomic mass is 10.1. The smallest absolute Gasteiger partial charge is 0.171 e. The van der Waals surface area contributed by atoms with Gasteiger partial charge in [0.25, 0.3) is 0 Å². The summed E-state index contributed by atoms with van der Waals surface area (Å²) in [5.41, 5.74) is 3.15. The molecule has 22 heavy (non-hydrogen) atoms. The molecule has 2 heterocycles. The number of thiophene rings is 1. The van der Waals surface area contributed by atoms with Crippen molar-refractivity contribution >= 4 is 34.4 Å². The van der Waals surface area contributed by atoms with E-state index in [-0.39, 0.29) is 0 Å². The first kappa shape index (κ1) is 15.0. The molecule has 3 rings (SSSR count). The second kappa shape index (κ2) is 6.46. The van der Waals surface area contributed by atoms with E-state index in [1.165, 1.54) is 11.3 Å². The highest BCUT2D eigenvalue weighted by atomic mass is 35.5. The van der Waals surface area contributed by atoms with E-state index in [0.29, 0.717) is 5.82 Å². The van der Waals surface area contributed by atoms with Crippen LogP contribution in [0.5, 0.6) is 0 Å². The Balaban J connectivity index is 2.05. The Labute approximate surface area is 139 Å². The molecule has 0 atom stereocenters. The molecule has 112 valence electrons. The normalized spacial score (nSPS) is 10.7. The number of nitrogens with zero attached hydrogens (tertiary/aromatic N) is 2. The lowest BCUT2D eigenvalue weighted by Gasteiger charge is -2.13. The van der Waals surface area contributed by atoms with E-state index in [0.717, 1.165) is 38.4 Å². The van der Waals surface area contributed by atoms with Gasteiger partial charge in [-0.3, -0.25) is 0 Å². The summed E-state index contributed by atoms with van der Waals surface area (Å²) in [5, 5.41) is 3.40. The fourth-order valence-electron chi connectivity index (χ4n) is 2.33. The Morgan fingerprint density at radius 2 is 1.86 bits per heavy atom. The molecular formula is C17H16ClN3S. The summed E-state index contributed by atoms with van der Waals surface area (Å²) in [6, 6.07) is 13.9. The van der Waals surface area contributed by atoms with Crippen LogP contribution < -0.4 is 5.32 Å². The van der Waals surface area contributed by atoms with Crippen molar-refractivity contribution in [3.05, 3.63) is 58.1 Å². The van der Waals surface area contributed by atoms with E-state index in [2.05, 4.69) is 17.2 Å². The van der Waals surface area contributed by atoms with Crippen LogP contribution in [0, 0.1) is 6.92 Å². The van der Waals surface area contributed by atoms with Crippen molar-refractivity contribution in [3.8, 4) is 10.7 Å². The summed E-state index contributed by atoms with van der Waals surface area (Å²) in [6.45, 7) is 4.14. The number of aromatic nitrogens is 2. The quantitative estimate of drug-likeness (QED) is 0.689. The molecule has 3 nitrogen and oxygen atoms in total. The van der Waals surface area contributed by atoms with E-state index >= 15 is 0 Å². The van der Waals surface area contributed by atoms with Gasteiger partial charge in [-0.2, -0.15) is 0 Å². The molecule has 0 saturated carbocycles. The Morgan fingerprint density at radius 3 is 2.50 bits per heavy atom. The molecule has 0 aliphatic rings. The predicted octanol–water partition coefficient (Wildman–Crippen LogP) is 5.47. The van der Waals surface area contributed by atoms with Crippen LogP contribution in [0.15, 0.2) is 42.5 Å². The first-order chi connectivity index (χ1) is 10.7. The van der Waals surface area contributed by atoms with Crippen LogP contribution in [-0.2, 0) is 6.42 Å². The lowest BCUT2D eigenvalue weighted by Crippen LogP contribution is -2.04. The minimum Gasteiger partial charge on any atom is -0.340 e. The molecule has 0 amide bonds. The fraction of sp³-hybridized carbons (Fsp3) is 0.176. The predicted molar refractivity (Wildman–Crippen MR) is 94.2 cm³/mol. The standard InChI is InChI=1S/C17H16ClN3S/c1-3-13-11(2)19-17(14-9-10-15(18)22-14)21-16(13)20-12-7-5-4-6-8-12/h4-10H,3H2,1-2H3,(H,19,20,21). The van der Waals surface area contributed by atoms with E-state index < -0.39 is 0 Å².